The van der Waals surface area contributed by atoms with Gasteiger partial charge >= 0.3 is 6.18 Å². The SMILES string of the molecule is CC(C)(C)C(=O)C(C(=O)C(F)(F)F)C12CC3CC(CC(C3)C1)C2. The fourth-order valence-corrected chi connectivity index (χ4v) is 5.80. The Morgan fingerprint density at radius 2 is 1.26 bits per heavy atom. The van der Waals surface area contributed by atoms with E-state index in [9.17, 15) is 22.8 Å². The Hall–Kier alpha value is -0.870. The van der Waals surface area contributed by atoms with Gasteiger partial charge < -0.3 is 0 Å². The van der Waals surface area contributed by atoms with E-state index in [1.165, 1.54) is 0 Å². The molecule has 0 heterocycles. The van der Waals surface area contributed by atoms with Crippen LogP contribution in [0.15, 0.2) is 0 Å². The van der Waals surface area contributed by atoms with Gasteiger partial charge in [0, 0.05) is 5.41 Å². The monoisotopic (exact) mass is 330 g/mol. The highest BCUT2D eigenvalue weighted by atomic mass is 19.4. The summed E-state index contributed by atoms with van der Waals surface area (Å²) in [5.41, 5.74) is -1.68. The molecule has 0 spiro atoms. The molecule has 4 saturated carbocycles. The van der Waals surface area contributed by atoms with Crippen molar-refractivity contribution in [3.8, 4) is 0 Å². The van der Waals surface area contributed by atoms with Gasteiger partial charge in [-0.15, -0.1) is 0 Å². The molecule has 5 heteroatoms. The molecule has 4 aliphatic carbocycles. The smallest absolute Gasteiger partial charge is 0.298 e. The van der Waals surface area contributed by atoms with Crippen LogP contribution in [-0.4, -0.2) is 17.7 Å². The molecule has 0 amide bonds. The molecule has 0 aromatic rings. The van der Waals surface area contributed by atoms with Gasteiger partial charge in [0.2, 0.25) is 5.78 Å². The lowest BCUT2D eigenvalue weighted by molar-refractivity contribution is -0.190. The maximum absolute atomic E-state index is 13.2. The van der Waals surface area contributed by atoms with Gasteiger partial charge in [-0.3, -0.25) is 9.59 Å². The zero-order chi connectivity index (χ0) is 17.2. The molecule has 0 saturated heterocycles. The van der Waals surface area contributed by atoms with Crippen LogP contribution in [0.5, 0.6) is 0 Å². The Kier molecular flexibility index (Phi) is 3.73. The molecule has 0 aromatic carbocycles. The summed E-state index contributed by atoms with van der Waals surface area (Å²) in [5.74, 6) is -2.63. The minimum atomic E-state index is -4.94. The van der Waals surface area contributed by atoms with E-state index >= 15 is 0 Å². The molecule has 23 heavy (non-hydrogen) atoms. The average Bonchev–Trinajstić information content (AvgIpc) is 2.34. The molecule has 0 radical (unpaired) electrons. The molecule has 2 nitrogen and oxygen atoms in total. The molecule has 4 fully saturated rings. The largest absolute Gasteiger partial charge is 0.450 e. The highest BCUT2D eigenvalue weighted by Gasteiger charge is 2.62. The lowest BCUT2D eigenvalue weighted by atomic mass is 9.45. The molecular weight excluding hydrogens is 305 g/mol. The van der Waals surface area contributed by atoms with Crippen molar-refractivity contribution >= 4 is 11.6 Å². The summed E-state index contributed by atoms with van der Waals surface area (Å²) in [5, 5.41) is 0. The normalized spacial score (nSPS) is 37.7. The van der Waals surface area contributed by atoms with Crippen LogP contribution in [0.1, 0.15) is 59.3 Å². The Balaban J connectivity index is 2.02. The summed E-state index contributed by atoms with van der Waals surface area (Å²) in [4.78, 5) is 25.1. The van der Waals surface area contributed by atoms with E-state index in [-0.39, 0.29) is 0 Å². The van der Waals surface area contributed by atoms with Gasteiger partial charge in [0.05, 0.1) is 5.92 Å². The first-order chi connectivity index (χ1) is 10.4. The van der Waals surface area contributed by atoms with Crippen molar-refractivity contribution in [1.29, 1.82) is 0 Å². The second-order valence-corrected chi connectivity index (χ2v) is 9.19. The van der Waals surface area contributed by atoms with Crippen LogP contribution in [0.4, 0.5) is 13.2 Å². The topological polar surface area (TPSA) is 34.1 Å². The van der Waals surface area contributed by atoms with Gasteiger partial charge in [-0.25, -0.2) is 0 Å². The number of carbonyl (C=O) groups excluding carboxylic acids is 2. The number of carbonyl (C=O) groups is 2. The molecular formula is C18H25F3O2. The van der Waals surface area contributed by atoms with E-state index < -0.39 is 34.5 Å². The first-order valence-corrected chi connectivity index (χ1v) is 8.58. The number of rotatable bonds is 3. The van der Waals surface area contributed by atoms with E-state index in [1.54, 1.807) is 20.8 Å². The van der Waals surface area contributed by atoms with Crippen molar-refractivity contribution in [2.45, 2.75) is 65.5 Å². The summed E-state index contributed by atoms with van der Waals surface area (Å²) < 4.78 is 39.7. The summed E-state index contributed by atoms with van der Waals surface area (Å²) in [6.07, 6.45) is 0.116. The van der Waals surface area contributed by atoms with Crippen molar-refractivity contribution < 1.29 is 22.8 Å². The molecule has 4 aliphatic rings. The summed E-state index contributed by atoms with van der Waals surface area (Å²) in [6, 6.07) is 0. The molecule has 4 bridgehead atoms. The average molecular weight is 330 g/mol. The number of ketones is 2. The lowest BCUT2D eigenvalue weighted by Crippen LogP contribution is -2.57. The maximum Gasteiger partial charge on any atom is 0.450 e. The second-order valence-electron chi connectivity index (χ2n) is 9.19. The van der Waals surface area contributed by atoms with Gasteiger partial charge in [-0.1, -0.05) is 20.8 Å². The number of hydrogen-bond acceptors (Lipinski definition) is 2. The predicted octanol–water partition coefficient (Wildman–Crippen LogP) is 4.57. The minimum absolute atomic E-state index is 0.401. The molecule has 0 aromatic heterocycles. The first kappa shape index (κ1) is 17.0. The Morgan fingerprint density at radius 1 is 0.870 bits per heavy atom. The van der Waals surface area contributed by atoms with Crippen molar-refractivity contribution in [2.75, 3.05) is 0 Å². The quantitative estimate of drug-likeness (QED) is 0.711. The Bertz CT molecular complexity index is 466. The molecule has 0 N–H and O–H groups in total. The van der Waals surface area contributed by atoms with Crippen LogP contribution in [0.25, 0.3) is 0 Å². The van der Waals surface area contributed by atoms with Crippen LogP contribution >= 0.6 is 0 Å². The van der Waals surface area contributed by atoms with Crippen molar-refractivity contribution in [3.63, 3.8) is 0 Å². The zero-order valence-electron chi connectivity index (χ0n) is 14.0. The van der Waals surface area contributed by atoms with Crippen LogP contribution in [0, 0.1) is 34.5 Å². The van der Waals surface area contributed by atoms with Crippen LogP contribution in [0.3, 0.4) is 0 Å². The number of Topliss-reactive ketones (excluding diaryl/α,β-unsaturated/α-hetero) is 2. The third-order valence-electron chi connectivity index (χ3n) is 6.24. The van der Waals surface area contributed by atoms with Crippen LogP contribution < -0.4 is 0 Å². The van der Waals surface area contributed by atoms with Gasteiger partial charge in [0.1, 0.15) is 5.78 Å². The highest BCUT2D eigenvalue weighted by Crippen LogP contribution is 2.64. The first-order valence-electron chi connectivity index (χ1n) is 8.58. The Morgan fingerprint density at radius 3 is 1.57 bits per heavy atom. The van der Waals surface area contributed by atoms with E-state index in [0.29, 0.717) is 37.0 Å². The molecule has 130 valence electrons. The highest BCUT2D eigenvalue weighted by molar-refractivity contribution is 6.07. The second kappa shape index (κ2) is 5.06. The van der Waals surface area contributed by atoms with Crippen LogP contribution in [-0.2, 0) is 9.59 Å². The lowest BCUT2D eigenvalue weighted by Gasteiger charge is -2.59. The Labute approximate surface area is 135 Å². The predicted molar refractivity (Wildman–Crippen MR) is 79.6 cm³/mol. The summed E-state index contributed by atoms with van der Waals surface area (Å²) >= 11 is 0. The fraction of sp³-hybridized carbons (Fsp3) is 0.889. The van der Waals surface area contributed by atoms with E-state index in [2.05, 4.69) is 0 Å². The number of halogens is 3. The van der Waals surface area contributed by atoms with Crippen LogP contribution in [0.2, 0.25) is 0 Å². The summed E-state index contributed by atoms with van der Waals surface area (Å²) in [7, 11) is 0. The van der Waals surface area contributed by atoms with E-state index in [4.69, 9.17) is 0 Å². The van der Waals surface area contributed by atoms with Crippen molar-refractivity contribution in [2.24, 2.45) is 34.5 Å². The minimum Gasteiger partial charge on any atom is -0.298 e. The van der Waals surface area contributed by atoms with Crippen molar-refractivity contribution in [1.82, 2.24) is 0 Å². The molecule has 4 rings (SSSR count). The third kappa shape index (κ3) is 2.85. The van der Waals surface area contributed by atoms with Gasteiger partial charge in [-0.05, 0) is 61.7 Å². The van der Waals surface area contributed by atoms with Crippen molar-refractivity contribution in [3.05, 3.63) is 0 Å². The van der Waals surface area contributed by atoms with Gasteiger partial charge in [-0.2, -0.15) is 13.2 Å². The standard InChI is InChI=1S/C18H25F3O2/c1-16(2,3)14(22)13(15(23)18(19,20)21)17-7-10-4-11(8-17)6-12(5-10)9-17/h10-13H,4-9H2,1-3H3. The molecule has 1 unspecified atom stereocenters. The third-order valence-corrected chi connectivity index (χ3v) is 6.24. The van der Waals surface area contributed by atoms with Gasteiger partial charge in [0.25, 0.3) is 0 Å². The molecule has 0 aliphatic heterocycles. The van der Waals surface area contributed by atoms with E-state index in [1.807, 2.05) is 0 Å². The zero-order valence-corrected chi connectivity index (χ0v) is 14.0. The van der Waals surface area contributed by atoms with Gasteiger partial charge in [0.15, 0.2) is 0 Å². The number of hydrogen-bond donors (Lipinski definition) is 0. The van der Waals surface area contributed by atoms with E-state index in [0.717, 1.165) is 19.3 Å². The fourth-order valence-electron chi connectivity index (χ4n) is 5.80. The number of alkyl halides is 3. The molecule has 1 atom stereocenters. The maximum atomic E-state index is 13.2. The summed E-state index contributed by atoms with van der Waals surface area (Å²) in [6.45, 7) is 4.85.